The van der Waals surface area contributed by atoms with Crippen molar-refractivity contribution in [1.29, 1.82) is 0 Å². The highest BCUT2D eigenvalue weighted by Gasteiger charge is 2.54. The largest absolute Gasteiger partial charge is 0.477 e. The number of oxime groups is 1. The monoisotopic (exact) mass is 603 g/mol. The molecule has 40 heavy (non-hydrogen) atoms. The first kappa shape index (κ1) is 27.6. The van der Waals surface area contributed by atoms with Gasteiger partial charge in [0.15, 0.2) is 5.13 Å². The number of hydrogen-bond donors (Lipinski definition) is 4. The molecule has 5 N–H and O–H groups in total. The number of carbonyl (C=O) groups excluding carboxylic acids is 2. The number of nitrogens with two attached hydrogens (primary N) is 1. The van der Waals surface area contributed by atoms with E-state index < -0.39 is 29.2 Å². The summed E-state index contributed by atoms with van der Waals surface area (Å²) in [7, 11) is 0. The van der Waals surface area contributed by atoms with Gasteiger partial charge in [0.1, 0.15) is 29.5 Å². The first-order valence-corrected chi connectivity index (χ1v) is 14.8. The summed E-state index contributed by atoms with van der Waals surface area (Å²) in [6, 6.07) is -0.955. The summed E-state index contributed by atoms with van der Waals surface area (Å²) in [5.41, 5.74) is 9.06. The van der Waals surface area contributed by atoms with Gasteiger partial charge in [-0.05, 0) is 43.1 Å². The molecule has 5 rings (SSSR count). The third kappa shape index (κ3) is 5.26. The number of aromatic nitrogens is 2. The van der Waals surface area contributed by atoms with Crippen LogP contribution in [0.3, 0.4) is 0 Å². The molecule has 5 heterocycles. The van der Waals surface area contributed by atoms with E-state index >= 15 is 0 Å². The summed E-state index contributed by atoms with van der Waals surface area (Å²) >= 11 is 3.63. The lowest BCUT2D eigenvalue weighted by Gasteiger charge is -2.49. The number of allylic oxidation sites excluding steroid dienone is 3. The molecule has 0 aromatic carbocycles. The highest BCUT2D eigenvalue weighted by atomic mass is 32.2. The van der Waals surface area contributed by atoms with Crippen molar-refractivity contribution in [2.24, 2.45) is 5.16 Å². The van der Waals surface area contributed by atoms with Crippen molar-refractivity contribution in [2.45, 2.75) is 25.3 Å². The van der Waals surface area contributed by atoms with Gasteiger partial charge in [0.2, 0.25) is 11.5 Å². The fourth-order valence-corrected chi connectivity index (χ4v) is 6.59. The summed E-state index contributed by atoms with van der Waals surface area (Å²) < 4.78 is 3.99. The Labute approximate surface area is 241 Å². The van der Waals surface area contributed by atoms with Crippen molar-refractivity contribution in [3.63, 3.8) is 0 Å². The second kappa shape index (κ2) is 11.6. The number of rotatable bonds is 10. The van der Waals surface area contributed by atoms with Crippen LogP contribution in [0.1, 0.15) is 19.7 Å². The normalized spacial score (nSPS) is 22.0. The average molecular weight is 604 g/mol. The van der Waals surface area contributed by atoms with E-state index in [9.17, 15) is 19.5 Å². The van der Waals surface area contributed by atoms with E-state index in [4.69, 9.17) is 10.6 Å². The third-order valence-corrected chi connectivity index (χ3v) is 8.59. The van der Waals surface area contributed by atoms with Gasteiger partial charge >= 0.3 is 5.97 Å². The van der Waals surface area contributed by atoms with Crippen LogP contribution in [-0.4, -0.2) is 83.1 Å². The van der Waals surface area contributed by atoms with Gasteiger partial charge in [0.25, 0.3) is 11.8 Å². The predicted octanol–water partition coefficient (Wildman–Crippen LogP) is 1.16. The van der Waals surface area contributed by atoms with Crippen LogP contribution in [0.5, 0.6) is 0 Å². The Bertz CT molecular complexity index is 1420. The van der Waals surface area contributed by atoms with Crippen molar-refractivity contribution in [2.75, 3.05) is 24.6 Å². The van der Waals surface area contributed by atoms with Gasteiger partial charge in [-0.3, -0.25) is 19.9 Å². The molecule has 0 saturated carbocycles. The van der Waals surface area contributed by atoms with E-state index in [1.165, 1.54) is 28.4 Å². The minimum absolute atomic E-state index is 0.0258. The summed E-state index contributed by atoms with van der Waals surface area (Å²) in [4.78, 5) is 50.5. The smallest absolute Gasteiger partial charge is 0.352 e. The van der Waals surface area contributed by atoms with Gasteiger partial charge in [0, 0.05) is 36.2 Å². The Morgan fingerprint density at radius 2 is 2.20 bits per heavy atom. The molecule has 0 unspecified atom stereocenters. The number of nitrogen functional groups attached to an aromatic ring is 1. The van der Waals surface area contributed by atoms with E-state index in [0.29, 0.717) is 11.3 Å². The van der Waals surface area contributed by atoms with E-state index in [2.05, 4.69) is 37.1 Å². The number of carboxylic acids is 1. The molecule has 1 saturated heterocycles. The predicted molar refractivity (Wildman–Crippen MR) is 152 cm³/mol. The van der Waals surface area contributed by atoms with Crippen molar-refractivity contribution >= 4 is 63.7 Å². The SMILES string of the molecule is CCO/N=C(\C(=O)N[C@@H]1C(=O)N2C(C(=O)O)=C(/C=C/SC3=CC=C4N(CC)C=CN4N3)CS[C@@H]12)c1nsc(N)n1. The Hall–Kier alpha value is -3.96. The topological polar surface area (TPSA) is 179 Å². The molecular formula is C23H25N9O5S3. The number of amides is 2. The van der Waals surface area contributed by atoms with Crippen LogP contribution in [-0.2, 0) is 19.2 Å². The molecule has 0 bridgehead atoms. The first-order chi connectivity index (χ1) is 19.3. The van der Waals surface area contributed by atoms with Gasteiger partial charge in [-0.2, -0.15) is 9.36 Å². The van der Waals surface area contributed by atoms with Crippen LogP contribution in [0.4, 0.5) is 5.13 Å². The van der Waals surface area contributed by atoms with Gasteiger partial charge in [0.05, 0.1) is 5.03 Å². The van der Waals surface area contributed by atoms with Crippen molar-refractivity contribution in [1.82, 2.24) is 34.9 Å². The van der Waals surface area contributed by atoms with E-state index in [1.54, 1.807) is 18.4 Å². The minimum atomic E-state index is -1.22. The molecule has 1 fully saturated rings. The summed E-state index contributed by atoms with van der Waals surface area (Å²) in [5.74, 6) is -1.17. The minimum Gasteiger partial charge on any atom is -0.477 e. The first-order valence-electron chi connectivity index (χ1n) is 12.1. The second-order valence-electron chi connectivity index (χ2n) is 8.40. The molecule has 0 spiro atoms. The van der Waals surface area contributed by atoms with Crippen molar-refractivity contribution in [3.05, 3.63) is 64.0 Å². The van der Waals surface area contributed by atoms with E-state index in [1.807, 2.05) is 29.6 Å². The Kier molecular flexibility index (Phi) is 8.04. The van der Waals surface area contributed by atoms with Crippen LogP contribution in [0.15, 0.2) is 63.3 Å². The fraction of sp³-hybridized carbons (Fsp3) is 0.304. The van der Waals surface area contributed by atoms with Crippen molar-refractivity contribution < 1.29 is 24.3 Å². The molecule has 1 aromatic rings. The number of β-lactam (4-membered cyclic amide) rings is 1. The maximum Gasteiger partial charge on any atom is 0.352 e. The number of carboxylic acid groups (broad SMARTS) is 1. The summed E-state index contributed by atoms with van der Waals surface area (Å²) in [6.07, 6.45) is 9.54. The number of aliphatic carboxylic acids is 1. The lowest BCUT2D eigenvalue weighted by molar-refractivity contribution is -0.150. The van der Waals surface area contributed by atoms with Gasteiger partial charge in [-0.25, -0.2) is 9.80 Å². The van der Waals surface area contributed by atoms with E-state index in [-0.39, 0.29) is 29.0 Å². The average Bonchev–Trinajstić information content (AvgIpc) is 3.56. The number of anilines is 1. The van der Waals surface area contributed by atoms with Crippen molar-refractivity contribution in [3.8, 4) is 0 Å². The van der Waals surface area contributed by atoms with Gasteiger partial charge in [-0.15, -0.1) is 11.8 Å². The number of thioether (sulfide) groups is 2. The number of nitrogens with zero attached hydrogens (tertiary/aromatic N) is 6. The number of hydrazine groups is 1. The zero-order valence-corrected chi connectivity index (χ0v) is 23.8. The van der Waals surface area contributed by atoms with Crippen LogP contribution in [0.2, 0.25) is 0 Å². The van der Waals surface area contributed by atoms with Crippen LogP contribution >= 0.6 is 35.1 Å². The molecule has 4 aliphatic heterocycles. The third-order valence-electron chi connectivity index (χ3n) is 6.00. The molecular weight excluding hydrogens is 579 g/mol. The Balaban J connectivity index is 1.27. The molecule has 14 nitrogen and oxygen atoms in total. The summed E-state index contributed by atoms with van der Waals surface area (Å²) in [5, 5.41) is 20.4. The number of hydrogen-bond acceptors (Lipinski definition) is 14. The molecule has 17 heteroatoms. The van der Waals surface area contributed by atoms with Crippen LogP contribution in [0.25, 0.3) is 0 Å². The fourth-order valence-electron chi connectivity index (χ4n) is 4.16. The Morgan fingerprint density at radius 1 is 1.38 bits per heavy atom. The van der Waals surface area contributed by atoms with Crippen LogP contribution in [0, 0.1) is 0 Å². The molecule has 1 aromatic heterocycles. The van der Waals surface area contributed by atoms with Gasteiger partial charge in [-0.1, -0.05) is 16.9 Å². The lowest BCUT2D eigenvalue weighted by atomic mass is 10.0. The summed E-state index contributed by atoms with van der Waals surface area (Å²) in [6.45, 7) is 4.81. The molecule has 210 valence electrons. The van der Waals surface area contributed by atoms with Gasteiger partial charge < -0.3 is 25.9 Å². The maximum atomic E-state index is 13.1. The molecule has 4 aliphatic rings. The quantitative estimate of drug-likeness (QED) is 0.170. The molecule has 0 aliphatic carbocycles. The van der Waals surface area contributed by atoms with Crippen LogP contribution < -0.4 is 16.5 Å². The Morgan fingerprint density at radius 3 is 2.90 bits per heavy atom. The molecule has 0 radical (unpaired) electrons. The zero-order valence-electron chi connectivity index (χ0n) is 21.3. The number of carbonyl (C=O) groups is 3. The second-order valence-corrected chi connectivity index (χ2v) is 11.2. The molecule has 2 atom stereocenters. The lowest BCUT2D eigenvalue weighted by Crippen LogP contribution is -2.71. The molecule has 2 amide bonds. The standard InChI is InChI=1S/C23H25N9O5S3/c1-3-30-8-9-31-14(30)6-5-13(27-31)38-10-7-12-11-39-21-16(20(34)32(21)17(12)22(35)36)25-19(33)15(28-37-4-2)18-26-23(24)40-29-18/h5-10,16,21,27H,3-4,11H2,1-2H3,(H,25,33)(H,35,36)(H2,24,26,29)/b10-7+,28-15-/t16-,21+/m1/s1. The zero-order chi connectivity index (χ0) is 28.4. The number of nitrogens with one attached hydrogen (secondary N) is 2. The highest BCUT2D eigenvalue weighted by molar-refractivity contribution is 8.05. The highest BCUT2D eigenvalue weighted by Crippen LogP contribution is 2.41. The maximum absolute atomic E-state index is 13.1. The van der Waals surface area contributed by atoms with E-state index in [0.717, 1.165) is 28.9 Å². The number of fused-ring (bicyclic) bond motifs is 2.